The lowest BCUT2D eigenvalue weighted by molar-refractivity contribution is 0.0972. The molecule has 7 nitrogen and oxygen atoms in total. The maximum Gasteiger partial charge on any atom is 0.284 e. The lowest BCUT2D eigenvalue weighted by Crippen LogP contribution is -2.37. The topological polar surface area (TPSA) is 102 Å². The summed E-state index contributed by atoms with van der Waals surface area (Å²) in [5.41, 5.74) is 5.13. The van der Waals surface area contributed by atoms with E-state index in [1.54, 1.807) is 19.2 Å². The number of unbranched alkanes of at least 4 members (excludes halogenated alkanes) is 1. The summed E-state index contributed by atoms with van der Waals surface area (Å²) in [6.07, 6.45) is 2.02. The molecule has 0 fully saturated rings. The van der Waals surface area contributed by atoms with E-state index in [1.165, 1.54) is 0 Å². The minimum Gasteiger partial charge on any atom is -0.454 e. The first-order valence-electron chi connectivity index (χ1n) is 7.08. The Bertz CT molecular complexity index is 463. The molecular formula is C14H25IN4O3. The molecular weight excluding hydrogens is 399 g/mol. The number of carbonyl (C=O) groups is 1. The van der Waals surface area contributed by atoms with Gasteiger partial charge < -0.3 is 25.5 Å². The van der Waals surface area contributed by atoms with Gasteiger partial charge >= 0.3 is 0 Å². The van der Waals surface area contributed by atoms with Crippen LogP contribution in [0.4, 0.5) is 0 Å². The van der Waals surface area contributed by atoms with Crippen LogP contribution in [0.25, 0.3) is 0 Å². The molecule has 8 heteroatoms. The average Bonchev–Trinajstić information content (AvgIpc) is 2.95. The summed E-state index contributed by atoms with van der Waals surface area (Å²) in [4.78, 5) is 15.0. The number of furan rings is 1. The zero-order chi connectivity index (χ0) is 15.5. The minimum absolute atomic E-state index is 0. The van der Waals surface area contributed by atoms with Crippen molar-refractivity contribution in [1.29, 1.82) is 0 Å². The molecule has 1 rings (SSSR count). The highest BCUT2D eigenvalue weighted by Gasteiger charge is 2.07. The highest BCUT2D eigenvalue weighted by Crippen LogP contribution is 2.06. The Morgan fingerprint density at radius 3 is 2.73 bits per heavy atom. The summed E-state index contributed by atoms with van der Waals surface area (Å²) in [6.45, 7) is 4.78. The van der Waals surface area contributed by atoms with Gasteiger partial charge in [0.05, 0.1) is 6.54 Å². The molecule has 0 unspecified atom stereocenters. The zero-order valence-corrected chi connectivity index (χ0v) is 15.4. The smallest absolute Gasteiger partial charge is 0.284 e. The van der Waals surface area contributed by atoms with Gasteiger partial charge in [-0.2, -0.15) is 0 Å². The largest absolute Gasteiger partial charge is 0.454 e. The first kappa shape index (κ1) is 20.7. The molecule has 1 aromatic rings. The maximum absolute atomic E-state index is 10.9. The number of nitrogens with two attached hydrogens (primary N) is 1. The van der Waals surface area contributed by atoms with E-state index in [1.807, 2.05) is 6.92 Å². The van der Waals surface area contributed by atoms with Crippen molar-refractivity contribution >= 4 is 35.8 Å². The predicted molar refractivity (Wildman–Crippen MR) is 96.6 cm³/mol. The molecule has 0 radical (unpaired) electrons. The second kappa shape index (κ2) is 12.3. The van der Waals surface area contributed by atoms with Crippen molar-refractivity contribution in [3.63, 3.8) is 0 Å². The third-order valence-corrected chi connectivity index (χ3v) is 2.77. The molecule has 0 bridgehead atoms. The van der Waals surface area contributed by atoms with Crippen molar-refractivity contribution in [2.24, 2.45) is 10.7 Å². The molecule has 0 atom stereocenters. The van der Waals surface area contributed by atoms with Crippen LogP contribution in [0.15, 0.2) is 21.5 Å². The van der Waals surface area contributed by atoms with Crippen LogP contribution in [0.5, 0.6) is 0 Å². The highest BCUT2D eigenvalue weighted by atomic mass is 127. The van der Waals surface area contributed by atoms with Gasteiger partial charge in [0.25, 0.3) is 5.91 Å². The van der Waals surface area contributed by atoms with Crippen LogP contribution in [0.3, 0.4) is 0 Å². The maximum atomic E-state index is 10.9. The number of carbonyl (C=O) groups excluding carboxylic acids is 1. The number of guanidine groups is 1. The predicted octanol–water partition coefficient (Wildman–Crippen LogP) is 1.48. The monoisotopic (exact) mass is 424 g/mol. The first-order chi connectivity index (χ1) is 10.2. The van der Waals surface area contributed by atoms with E-state index in [-0.39, 0.29) is 29.7 Å². The van der Waals surface area contributed by atoms with Crippen molar-refractivity contribution < 1.29 is 13.9 Å². The summed E-state index contributed by atoms with van der Waals surface area (Å²) in [5.74, 6) is 0.898. The van der Waals surface area contributed by atoms with E-state index in [0.29, 0.717) is 18.3 Å². The summed E-state index contributed by atoms with van der Waals surface area (Å²) in [7, 11) is 1.70. The van der Waals surface area contributed by atoms with Gasteiger partial charge in [-0.05, 0) is 31.9 Å². The highest BCUT2D eigenvalue weighted by molar-refractivity contribution is 14.0. The van der Waals surface area contributed by atoms with Crippen molar-refractivity contribution in [2.75, 3.05) is 26.8 Å². The lowest BCUT2D eigenvalue weighted by Gasteiger charge is -2.10. The Kier molecular flexibility index (Phi) is 11.6. The van der Waals surface area contributed by atoms with Crippen LogP contribution in [0.2, 0.25) is 0 Å². The Morgan fingerprint density at radius 2 is 2.14 bits per heavy atom. The van der Waals surface area contributed by atoms with E-state index in [4.69, 9.17) is 14.9 Å². The van der Waals surface area contributed by atoms with Crippen molar-refractivity contribution in [3.05, 3.63) is 23.7 Å². The van der Waals surface area contributed by atoms with Crippen LogP contribution < -0.4 is 16.4 Å². The summed E-state index contributed by atoms with van der Waals surface area (Å²) >= 11 is 0. The molecule has 0 saturated carbocycles. The molecule has 126 valence electrons. The summed E-state index contributed by atoms with van der Waals surface area (Å²) in [6, 6.07) is 3.27. The van der Waals surface area contributed by atoms with Crippen LogP contribution in [-0.2, 0) is 11.3 Å². The lowest BCUT2D eigenvalue weighted by atomic mass is 10.3. The fraction of sp³-hybridized carbons (Fsp3) is 0.571. The minimum atomic E-state index is -0.571. The standard InChI is InChI=1S/C14H24N4O3.HI/c1-3-20-9-5-4-8-17-14(16-2)18-10-11-6-7-12(21-11)13(15)19;/h6-7H,3-5,8-10H2,1-2H3,(H2,15,19)(H2,16,17,18);1H. The van der Waals surface area contributed by atoms with E-state index in [0.717, 1.165) is 32.6 Å². The number of nitrogens with zero attached hydrogens (tertiary/aromatic N) is 1. The van der Waals surface area contributed by atoms with E-state index in [9.17, 15) is 4.79 Å². The molecule has 0 saturated heterocycles. The number of rotatable bonds is 9. The molecule has 0 aliphatic carbocycles. The number of nitrogens with one attached hydrogen (secondary N) is 2. The summed E-state index contributed by atoms with van der Waals surface area (Å²) in [5, 5.41) is 6.30. The zero-order valence-electron chi connectivity index (χ0n) is 13.1. The third kappa shape index (κ3) is 8.23. The van der Waals surface area contributed by atoms with Gasteiger partial charge in [0.2, 0.25) is 0 Å². The van der Waals surface area contributed by atoms with E-state index in [2.05, 4.69) is 15.6 Å². The number of ether oxygens (including phenoxy) is 1. The second-order valence-corrected chi connectivity index (χ2v) is 4.39. The van der Waals surface area contributed by atoms with Crippen LogP contribution in [0.1, 0.15) is 36.1 Å². The number of hydrogen-bond donors (Lipinski definition) is 3. The molecule has 1 amide bonds. The van der Waals surface area contributed by atoms with Gasteiger partial charge in [-0.3, -0.25) is 9.79 Å². The van der Waals surface area contributed by atoms with Gasteiger partial charge in [0.1, 0.15) is 5.76 Å². The van der Waals surface area contributed by atoms with Crippen LogP contribution >= 0.6 is 24.0 Å². The first-order valence-corrected chi connectivity index (χ1v) is 7.08. The molecule has 4 N–H and O–H groups in total. The quantitative estimate of drug-likeness (QED) is 0.241. The van der Waals surface area contributed by atoms with Gasteiger partial charge in [0, 0.05) is 26.8 Å². The molecule has 22 heavy (non-hydrogen) atoms. The van der Waals surface area contributed by atoms with Crippen LogP contribution in [-0.4, -0.2) is 38.7 Å². The number of primary amides is 1. The number of hydrogen-bond acceptors (Lipinski definition) is 4. The average molecular weight is 424 g/mol. The number of halogens is 1. The van der Waals surface area contributed by atoms with E-state index >= 15 is 0 Å². The SMILES string of the molecule is CCOCCCCNC(=NC)NCc1ccc(C(N)=O)o1.I. The second-order valence-electron chi connectivity index (χ2n) is 4.39. The molecule has 0 aromatic carbocycles. The summed E-state index contributed by atoms with van der Waals surface area (Å²) < 4.78 is 10.5. The van der Waals surface area contributed by atoms with Crippen molar-refractivity contribution in [3.8, 4) is 0 Å². The molecule has 0 spiro atoms. The van der Waals surface area contributed by atoms with E-state index < -0.39 is 5.91 Å². The molecule has 0 aliphatic heterocycles. The Morgan fingerprint density at radius 1 is 1.36 bits per heavy atom. The van der Waals surface area contributed by atoms with Gasteiger partial charge in [-0.25, -0.2) is 0 Å². The fourth-order valence-electron chi connectivity index (χ4n) is 1.68. The Labute approximate surface area is 148 Å². The van der Waals surface area contributed by atoms with Gasteiger partial charge in [-0.1, -0.05) is 0 Å². The Hall–Kier alpha value is -1.29. The van der Waals surface area contributed by atoms with Crippen molar-refractivity contribution in [1.82, 2.24) is 10.6 Å². The van der Waals surface area contributed by atoms with Crippen molar-refractivity contribution in [2.45, 2.75) is 26.3 Å². The fourth-order valence-corrected chi connectivity index (χ4v) is 1.68. The number of aliphatic imine (C=N–C) groups is 1. The normalized spacial score (nSPS) is 10.9. The molecule has 1 heterocycles. The van der Waals surface area contributed by atoms with Gasteiger partial charge in [0.15, 0.2) is 11.7 Å². The molecule has 1 aromatic heterocycles. The van der Waals surface area contributed by atoms with Gasteiger partial charge in [-0.15, -0.1) is 24.0 Å². The van der Waals surface area contributed by atoms with Crippen LogP contribution in [0, 0.1) is 0 Å². The number of amides is 1. The third-order valence-electron chi connectivity index (χ3n) is 2.77. The molecule has 0 aliphatic rings. The Balaban J connectivity index is 0.00000441.